The SMILES string of the molecule is O=C(c1ccsc1)c1ccc2n1CCC2(C(=O)O)C(=O)O. The number of hydrogen-bond acceptors (Lipinski definition) is 4. The second-order valence-corrected chi connectivity index (χ2v) is 5.64. The van der Waals surface area contributed by atoms with Crippen LogP contribution in [0.15, 0.2) is 29.0 Å². The van der Waals surface area contributed by atoms with Crippen LogP contribution in [0.25, 0.3) is 0 Å². The zero-order valence-corrected chi connectivity index (χ0v) is 11.6. The maximum absolute atomic E-state index is 12.4. The number of ketones is 1. The van der Waals surface area contributed by atoms with Crippen LogP contribution in [0.2, 0.25) is 0 Å². The molecule has 0 saturated heterocycles. The Morgan fingerprint density at radius 2 is 1.86 bits per heavy atom. The summed E-state index contributed by atoms with van der Waals surface area (Å²) >= 11 is 1.39. The van der Waals surface area contributed by atoms with Crippen molar-refractivity contribution in [2.45, 2.75) is 18.4 Å². The molecule has 2 N–H and O–H groups in total. The van der Waals surface area contributed by atoms with Crippen LogP contribution in [0.4, 0.5) is 0 Å². The molecule has 6 nitrogen and oxygen atoms in total. The van der Waals surface area contributed by atoms with E-state index in [-0.39, 0.29) is 24.4 Å². The predicted molar refractivity (Wildman–Crippen MR) is 73.8 cm³/mol. The number of carboxylic acid groups (broad SMARTS) is 2. The first-order valence-corrected chi connectivity index (χ1v) is 7.16. The largest absolute Gasteiger partial charge is 0.480 e. The number of aliphatic carboxylic acids is 2. The van der Waals surface area contributed by atoms with E-state index in [1.54, 1.807) is 16.8 Å². The standard InChI is InChI=1S/C14H11NO5S/c16-11(8-3-6-21-7-8)9-1-2-10-14(12(17)18,13(19)20)4-5-15(9)10/h1-3,6-7H,4-5H2,(H,17,18)(H,19,20). The Hall–Kier alpha value is -2.41. The van der Waals surface area contributed by atoms with Crippen molar-refractivity contribution in [1.29, 1.82) is 0 Å². The molecule has 0 saturated carbocycles. The predicted octanol–water partition coefficient (Wildman–Crippen LogP) is 1.59. The van der Waals surface area contributed by atoms with E-state index in [4.69, 9.17) is 0 Å². The van der Waals surface area contributed by atoms with Crippen molar-refractivity contribution in [2.24, 2.45) is 0 Å². The first-order valence-electron chi connectivity index (χ1n) is 6.22. The van der Waals surface area contributed by atoms with Gasteiger partial charge in [0.1, 0.15) is 0 Å². The van der Waals surface area contributed by atoms with Crippen LogP contribution in [0.5, 0.6) is 0 Å². The topological polar surface area (TPSA) is 96.6 Å². The Bertz CT molecular complexity index is 730. The lowest BCUT2D eigenvalue weighted by molar-refractivity contribution is -0.157. The Kier molecular flexibility index (Phi) is 2.94. The van der Waals surface area contributed by atoms with Crippen LogP contribution in [0, 0.1) is 0 Å². The van der Waals surface area contributed by atoms with Gasteiger partial charge < -0.3 is 14.8 Å². The number of thiophene rings is 1. The Balaban J connectivity index is 2.10. The van der Waals surface area contributed by atoms with Crippen molar-refractivity contribution in [3.8, 4) is 0 Å². The Morgan fingerprint density at radius 1 is 1.14 bits per heavy atom. The Morgan fingerprint density at radius 3 is 2.43 bits per heavy atom. The van der Waals surface area contributed by atoms with Gasteiger partial charge in [-0.3, -0.25) is 14.4 Å². The molecule has 7 heteroatoms. The minimum Gasteiger partial charge on any atom is -0.480 e. The summed E-state index contributed by atoms with van der Waals surface area (Å²) in [5, 5.41) is 22.2. The molecule has 108 valence electrons. The molecule has 0 amide bonds. The summed E-state index contributed by atoms with van der Waals surface area (Å²) in [5.74, 6) is -3.03. The van der Waals surface area contributed by atoms with E-state index in [1.807, 2.05) is 0 Å². The normalized spacial score (nSPS) is 15.6. The smallest absolute Gasteiger partial charge is 0.327 e. The van der Waals surface area contributed by atoms with Gasteiger partial charge in [-0.05, 0) is 30.0 Å². The van der Waals surface area contributed by atoms with Crippen molar-refractivity contribution < 1.29 is 24.6 Å². The lowest BCUT2D eigenvalue weighted by Crippen LogP contribution is -2.41. The summed E-state index contributed by atoms with van der Waals surface area (Å²) in [5.41, 5.74) is -0.967. The fraction of sp³-hybridized carbons (Fsp3) is 0.214. The second-order valence-electron chi connectivity index (χ2n) is 4.86. The van der Waals surface area contributed by atoms with Crippen molar-refractivity contribution >= 4 is 29.1 Å². The third kappa shape index (κ3) is 1.74. The summed E-state index contributed by atoms with van der Waals surface area (Å²) < 4.78 is 1.50. The Labute approximate surface area is 123 Å². The van der Waals surface area contributed by atoms with Gasteiger partial charge in [0, 0.05) is 23.2 Å². The summed E-state index contributed by atoms with van der Waals surface area (Å²) in [6.07, 6.45) is -0.0578. The molecule has 2 aromatic heterocycles. The fourth-order valence-electron chi connectivity index (χ4n) is 2.75. The summed E-state index contributed by atoms with van der Waals surface area (Å²) in [4.78, 5) is 35.3. The maximum atomic E-state index is 12.4. The van der Waals surface area contributed by atoms with E-state index in [2.05, 4.69) is 0 Å². The first kappa shape index (κ1) is 13.6. The highest BCUT2D eigenvalue weighted by atomic mass is 32.1. The van der Waals surface area contributed by atoms with E-state index in [1.165, 1.54) is 28.0 Å². The lowest BCUT2D eigenvalue weighted by atomic mass is 9.84. The number of fused-ring (bicyclic) bond motifs is 1. The summed E-state index contributed by atoms with van der Waals surface area (Å²) in [7, 11) is 0. The molecule has 0 unspecified atom stereocenters. The van der Waals surface area contributed by atoms with Crippen molar-refractivity contribution in [3.63, 3.8) is 0 Å². The van der Waals surface area contributed by atoms with Crippen molar-refractivity contribution in [3.05, 3.63) is 45.9 Å². The van der Waals surface area contributed by atoms with Crippen LogP contribution >= 0.6 is 11.3 Å². The van der Waals surface area contributed by atoms with E-state index >= 15 is 0 Å². The van der Waals surface area contributed by atoms with Gasteiger partial charge in [0.15, 0.2) is 0 Å². The number of carbonyl (C=O) groups excluding carboxylic acids is 1. The van der Waals surface area contributed by atoms with Gasteiger partial charge >= 0.3 is 11.9 Å². The number of carboxylic acids is 2. The average Bonchev–Trinajstić information content (AvgIpc) is 3.14. The summed E-state index contributed by atoms with van der Waals surface area (Å²) in [6.45, 7) is 0.201. The highest BCUT2D eigenvalue weighted by Crippen LogP contribution is 2.38. The highest BCUT2D eigenvalue weighted by Gasteiger charge is 2.54. The van der Waals surface area contributed by atoms with Gasteiger partial charge in [0.05, 0.1) is 5.69 Å². The molecule has 1 aliphatic heterocycles. The number of rotatable bonds is 4. The van der Waals surface area contributed by atoms with Crippen LogP contribution in [-0.4, -0.2) is 32.5 Å². The monoisotopic (exact) mass is 305 g/mol. The number of nitrogens with zero attached hydrogens (tertiary/aromatic N) is 1. The van der Waals surface area contributed by atoms with Gasteiger partial charge in [-0.2, -0.15) is 11.3 Å². The molecule has 0 radical (unpaired) electrons. The zero-order valence-electron chi connectivity index (χ0n) is 10.8. The van der Waals surface area contributed by atoms with E-state index in [9.17, 15) is 24.6 Å². The van der Waals surface area contributed by atoms with E-state index in [0.717, 1.165) is 0 Å². The van der Waals surface area contributed by atoms with Crippen LogP contribution in [0.3, 0.4) is 0 Å². The molecule has 0 atom stereocenters. The first-order chi connectivity index (χ1) is 9.98. The average molecular weight is 305 g/mol. The maximum Gasteiger partial charge on any atom is 0.327 e. The molecule has 3 rings (SSSR count). The van der Waals surface area contributed by atoms with Crippen molar-refractivity contribution in [2.75, 3.05) is 0 Å². The summed E-state index contributed by atoms with van der Waals surface area (Å²) in [6, 6.07) is 4.60. The molecule has 1 aliphatic rings. The number of aromatic nitrogens is 1. The fourth-order valence-corrected chi connectivity index (χ4v) is 3.39. The lowest BCUT2D eigenvalue weighted by Gasteiger charge is -2.17. The number of carbonyl (C=O) groups is 3. The number of hydrogen-bond donors (Lipinski definition) is 2. The zero-order chi connectivity index (χ0) is 15.2. The third-order valence-electron chi connectivity index (χ3n) is 3.87. The molecular formula is C14H11NO5S. The van der Waals surface area contributed by atoms with E-state index in [0.29, 0.717) is 11.3 Å². The molecule has 0 spiro atoms. The molecule has 3 heterocycles. The molecule has 21 heavy (non-hydrogen) atoms. The van der Waals surface area contributed by atoms with Gasteiger partial charge in [0.2, 0.25) is 11.2 Å². The minimum atomic E-state index is -1.97. The minimum absolute atomic E-state index is 0.0578. The van der Waals surface area contributed by atoms with E-state index < -0.39 is 17.4 Å². The molecule has 2 aromatic rings. The second kappa shape index (κ2) is 4.56. The molecule has 0 aromatic carbocycles. The highest BCUT2D eigenvalue weighted by molar-refractivity contribution is 7.08. The molecule has 0 bridgehead atoms. The molecular weight excluding hydrogens is 294 g/mol. The van der Waals surface area contributed by atoms with Gasteiger partial charge in [-0.25, -0.2) is 0 Å². The van der Waals surface area contributed by atoms with Gasteiger partial charge in [0.25, 0.3) is 0 Å². The molecule has 0 aliphatic carbocycles. The third-order valence-corrected chi connectivity index (χ3v) is 4.56. The van der Waals surface area contributed by atoms with Crippen LogP contribution in [0.1, 0.15) is 28.2 Å². The molecule has 0 fully saturated rings. The van der Waals surface area contributed by atoms with Crippen LogP contribution in [-0.2, 0) is 21.5 Å². The van der Waals surface area contributed by atoms with Gasteiger partial charge in [-0.15, -0.1) is 0 Å². The quantitative estimate of drug-likeness (QED) is 0.660. The van der Waals surface area contributed by atoms with Gasteiger partial charge in [-0.1, -0.05) is 0 Å². The van der Waals surface area contributed by atoms with Crippen LogP contribution < -0.4 is 0 Å². The van der Waals surface area contributed by atoms with Crippen molar-refractivity contribution in [1.82, 2.24) is 4.57 Å².